The molecule has 2 atom stereocenters. The minimum atomic E-state index is -4.16. The summed E-state index contributed by atoms with van der Waals surface area (Å²) in [7, 11) is -4.16. The van der Waals surface area contributed by atoms with Crippen molar-refractivity contribution in [2.24, 2.45) is 0 Å². The van der Waals surface area contributed by atoms with E-state index in [1.807, 2.05) is 0 Å². The minimum Gasteiger partial charge on any atom is -0.548 e. The van der Waals surface area contributed by atoms with Gasteiger partial charge in [0, 0.05) is 0 Å². The van der Waals surface area contributed by atoms with Crippen LogP contribution in [0.15, 0.2) is 29.2 Å². The average molecular weight is 276 g/mol. The first-order valence-corrected chi connectivity index (χ1v) is 6.39. The molecule has 6 nitrogen and oxygen atoms in total. The zero-order chi connectivity index (χ0) is 13.9. The summed E-state index contributed by atoms with van der Waals surface area (Å²) in [5.41, 5.74) is 0. The largest absolute Gasteiger partial charge is 0.548 e. The molecule has 100 valence electrons. The highest BCUT2D eigenvalue weighted by Crippen LogP contribution is 2.10. The van der Waals surface area contributed by atoms with E-state index in [9.17, 15) is 22.7 Å². The standard InChI is InChI=1S/C10H12FNO5S/c1-6(13)9(10(14)15)12-18(16,17)8-4-2-7(11)3-5-8/h2-6,9,12-13H,1H3,(H,14,15)/p-1/t6-,9+/m1/s1. The number of aliphatic hydroxyl groups excluding tert-OH is 1. The molecule has 0 fully saturated rings. The Balaban J connectivity index is 3.01. The van der Waals surface area contributed by atoms with Gasteiger partial charge >= 0.3 is 0 Å². The van der Waals surface area contributed by atoms with Crippen LogP contribution in [-0.4, -0.2) is 31.6 Å². The van der Waals surface area contributed by atoms with Crippen LogP contribution in [0.5, 0.6) is 0 Å². The molecule has 0 aliphatic rings. The summed E-state index contributed by atoms with van der Waals surface area (Å²) in [6.07, 6.45) is -1.47. The molecular weight excluding hydrogens is 265 g/mol. The number of halogens is 1. The lowest BCUT2D eigenvalue weighted by molar-refractivity contribution is -0.309. The van der Waals surface area contributed by atoms with E-state index in [0.29, 0.717) is 0 Å². The van der Waals surface area contributed by atoms with Gasteiger partial charge in [-0.25, -0.2) is 12.8 Å². The Morgan fingerprint density at radius 1 is 1.39 bits per heavy atom. The predicted octanol–water partition coefficient (Wildman–Crippen LogP) is -1.40. The van der Waals surface area contributed by atoms with Crippen LogP contribution in [0.25, 0.3) is 0 Å². The van der Waals surface area contributed by atoms with Crippen molar-refractivity contribution in [1.29, 1.82) is 0 Å². The molecule has 0 saturated heterocycles. The molecule has 0 aliphatic heterocycles. The number of sulfonamides is 1. The molecule has 0 saturated carbocycles. The molecule has 0 amide bonds. The summed E-state index contributed by atoms with van der Waals surface area (Å²) >= 11 is 0. The number of benzene rings is 1. The second-order valence-corrected chi connectivity index (χ2v) is 5.33. The van der Waals surface area contributed by atoms with E-state index >= 15 is 0 Å². The SMILES string of the molecule is C[C@@H](O)[C@H](NS(=O)(=O)c1ccc(F)cc1)C(=O)[O-]. The van der Waals surface area contributed by atoms with Gasteiger partial charge in [0.2, 0.25) is 10.0 Å². The maximum atomic E-state index is 12.6. The number of nitrogens with one attached hydrogen (secondary N) is 1. The fourth-order valence-corrected chi connectivity index (χ4v) is 2.45. The van der Waals surface area contributed by atoms with E-state index in [-0.39, 0.29) is 4.90 Å². The van der Waals surface area contributed by atoms with Crippen LogP contribution in [0.4, 0.5) is 4.39 Å². The molecule has 0 aliphatic carbocycles. The van der Waals surface area contributed by atoms with Gasteiger partial charge in [0.1, 0.15) is 5.82 Å². The predicted molar refractivity (Wildman–Crippen MR) is 57.2 cm³/mol. The van der Waals surface area contributed by atoms with Gasteiger partial charge in [0.15, 0.2) is 0 Å². The third-order valence-corrected chi connectivity index (χ3v) is 3.60. The van der Waals surface area contributed by atoms with Gasteiger partial charge in [0.25, 0.3) is 0 Å². The lowest BCUT2D eigenvalue weighted by Gasteiger charge is -2.22. The van der Waals surface area contributed by atoms with Crippen LogP contribution >= 0.6 is 0 Å². The number of rotatable bonds is 5. The van der Waals surface area contributed by atoms with Crippen LogP contribution in [0, 0.1) is 5.82 Å². The number of carbonyl (C=O) groups excluding carboxylic acids is 1. The molecule has 0 aromatic heterocycles. The Hall–Kier alpha value is -1.51. The summed E-state index contributed by atoms with van der Waals surface area (Å²) in [5.74, 6) is -2.38. The summed E-state index contributed by atoms with van der Waals surface area (Å²) in [5, 5.41) is 19.8. The number of hydrogen-bond donors (Lipinski definition) is 2. The highest BCUT2D eigenvalue weighted by molar-refractivity contribution is 7.89. The summed E-state index contributed by atoms with van der Waals surface area (Å²) in [6, 6.07) is 2.02. The fraction of sp³-hybridized carbons (Fsp3) is 0.300. The zero-order valence-corrected chi connectivity index (χ0v) is 10.1. The van der Waals surface area contributed by atoms with E-state index < -0.39 is 34.0 Å². The van der Waals surface area contributed by atoms with Crippen LogP contribution in [0.3, 0.4) is 0 Å². The summed E-state index contributed by atoms with van der Waals surface area (Å²) < 4.78 is 37.9. The second-order valence-electron chi connectivity index (χ2n) is 3.61. The van der Waals surface area contributed by atoms with E-state index in [2.05, 4.69) is 0 Å². The highest BCUT2D eigenvalue weighted by Gasteiger charge is 2.24. The van der Waals surface area contributed by atoms with Gasteiger partial charge in [-0.1, -0.05) is 0 Å². The van der Waals surface area contributed by atoms with E-state index in [1.165, 1.54) is 0 Å². The Labute approximate surface area is 103 Å². The van der Waals surface area contributed by atoms with Crippen LogP contribution in [-0.2, 0) is 14.8 Å². The first-order chi connectivity index (χ1) is 8.24. The van der Waals surface area contributed by atoms with Gasteiger partial charge in [-0.3, -0.25) is 0 Å². The smallest absolute Gasteiger partial charge is 0.241 e. The van der Waals surface area contributed by atoms with E-state index in [1.54, 1.807) is 4.72 Å². The first-order valence-electron chi connectivity index (χ1n) is 4.91. The van der Waals surface area contributed by atoms with Crippen molar-refractivity contribution in [3.8, 4) is 0 Å². The van der Waals surface area contributed by atoms with Crippen LogP contribution < -0.4 is 9.83 Å². The quantitative estimate of drug-likeness (QED) is 0.688. The lowest BCUT2D eigenvalue weighted by atomic mass is 10.2. The fourth-order valence-electron chi connectivity index (χ4n) is 1.19. The molecule has 8 heteroatoms. The molecule has 0 spiro atoms. The first kappa shape index (κ1) is 14.6. The van der Waals surface area contributed by atoms with Crippen molar-refractivity contribution >= 4 is 16.0 Å². The van der Waals surface area contributed by atoms with Gasteiger partial charge in [-0.15, -0.1) is 0 Å². The lowest BCUT2D eigenvalue weighted by Crippen LogP contribution is -2.53. The summed E-state index contributed by atoms with van der Waals surface area (Å²) in [6.45, 7) is 1.10. The zero-order valence-electron chi connectivity index (χ0n) is 9.33. The Morgan fingerprint density at radius 3 is 2.28 bits per heavy atom. The van der Waals surface area contributed by atoms with Crippen molar-refractivity contribution in [2.75, 3.05) is 0 Å². The molecular formula is C10H11FNO5S-. The Bertz CT molecular complexity index is 526. The van der Waals surface area contributed by atoms with Crippen molar-refractivity contribution in [1.82, 2.24) is 4.72 Å². The summed E-state index contributed by atoms with van der Waals surface area (Å²) in [4.78, 5) is 10.3. The maximum absolute atomic E-state index is 12.6. The third-order valence-electron chi connectivity index (χ3n) is 2.14. The average Bonchev–Trinajstić information content (AvgIpc) is 2.26. The third kappa shape index (κ3) is 3.49. The van der Waals surface area contributed by atoms with Crippen LogP contribution in [0.1, 0.15) is 6.92 Å². The Morgan fingerprint density at radius 2 is 1.89 bits per heavy atom. The van der Waals surface area contributed by atoms with E-state index in [4.69, 9.17) is 5.11 Å². The number of aliphatic hydroxyl groups is 1. The molecule has 0 unspecified atom stereocenters. The monoisotopic (exact) mass is 276 g/mol. The van der Waals surface area contributed by atoms with Crippen molar-refractivity contribution in [3.63, 3.8) is 0 Å². The molecule has 0 radical (unpaired) electrons. The maximum Gasteiger partial charge on any atom is 0.241 e. The number of aliphatic carboxylic acids is 1. The second kappa shape index (κ2) is 5.42. The molecule has 1 aromatic carbocycles. The molecule has 1 rings (SSSR count). The topological polar surface area (TPSA) is 107 Å². The molecule has 2 N–H and O–H groups in total. The van der Waals surface area contributed by atoms with E-state index in [0.717, 1.165) is 31.2 Å². The highest BCUT2D eigenvalue weighted by atomic mass is 32.2. The number of hydrogen-bond acceptors (Lipinski definition) is 5. The number of carboxylic acids is 1. The molecule has 18 heavy (non-hydrogen) atoms. The van der Waals surface area contributed by atoms with Crippen molar-refractivity contribution < 1.29 is 27.8 Å². The number of carboxylic acid groups (broad SMARTS) is 1. The van der Waals surface area contributed by atoms with Gasteiger partial charge in [-0.2, -0.15) is 4.72 Å². The molecule has 0 bridgehead atoms. The number of carbonyl (C=O) groups is 1. The Kier molecular flexibility index (Phi) is 4.38. The van der Waals surface area contributed by atoms with Crippen molar-refractivity contribution in [2.45, 2.75) is 24.0 Å². The normalized spacial score (nSPS) is 15.1. The van der Waals surface area contributed by atoms with Crippen molar-refractivity contribution in [3.05, 3.63) is 30.1 Å². The van der Waals surface area contributed by atoms with Gasteiger partial charge < -0.3 is 15.0 Å². The molecule has 1 aromatic rings. The molecule has 0 heterocycles. The van der Waals surface area contributed by atoms with Crippen LogP contribution in [0.2, 0.25) is 0 Å². The minimum absolute atomic E-state index is 0.309. The van der Waals surface area contributed by atoms with Gasteiger partial charge in [-0.05, 0) is 31.2 Å². The van der Waals surface area contributed by atoms with Gasteiger partial charge in [0.05, 0.1) is 23.0 Å².